The number of benzene rings is 2. The number of furan rings is 1. The summed E-state index contributed by atoms with van der Waals surface area (Å²) in [6, 6.07) is 10.8. The number of carboxylic acids is 1. The van der Waals surface area contributed by atoms with E-state index in [-0.39, 0.29) is 43.6 Å². The number of carbonyl (C=O) groups excluding carboxylic acids is 2. The molecule has 1 saturated heterocycles. The van der Waals surface area contributed by atoms with Crippen LogP contribution in [-0.4, -0.2) is 58.6 Å². The van der Waals surface area contributed by atoms with Crippen molar-refractivity contribution in [1.29, 1.82) is 0 Å². The van der Waals surface area contributed by atoms with E-state index in [4.69, 9.17) is 9.52 Å². The zero-order valence-corrected chi connectivity index (χ0v) is 28.5. The number of quaternary nitrogens is 1. The predicted molar refractivity (Wildman–Crippen MR) is 175 cm³/mol. The molecule has 1 aliphatic carbocycles. The Morgan fingerprint density at radius 3 is 2.30 bits per heavy atom. The number of carbonyl (C=O) groups is 3. The van der Waals surface area contributed by atoms with Gasteiger partial charge < -0.3 is 20.2 Å². The topological polar surface area (TPSA) is 112 Å². The third-order valence-corrected chi connectivity index (χ3v) is 10.5. The van der Waals surface area contributed by atoms with Gasteiger partial charge in [-0.3, -0.25) is 9.59 Å². The fourth-order valence-corrected chi connectivity index (χ4v) is 8.02. The van der Waals surface area contributed by atoms with Crippen LogP contribution in [0.4, 0.5) is 35.5 Å². The number of fused-ring (bicyclic) bond motifs is 1. The molecule has 16 heteroatoms. The van der Waals surface area contributed by atoms with Crippen LogP contribution in [0, 0.1) is 11.2 Å². The molecule has 9 nitrogen and oxygen atoms in total. The zero-order chi connectivity index (χ0) is 38.2. The predicted octanol–water partition coefficient (Wildman–Crippen LogP) is 7.55. The Kier molecular flexibility index (Phi) is 10.6. The number of nitrogens with zero attached hydrogens (tertiary/aromatic N) is 2. The molecule has 1 aromatic heterocycles. The lowest BCUT2D eigenvalue weighted by molar-refractivity contribution is -0.846. The van der Waals surface area contributed by atoms with E-state index < -0.39 is 87.8 Å². The summed E-state index contributed by atoms with van der Waals surface area (Å²) in [5.74, 6) is -4.77. The number of imide groups is 1. The van der Waals surface area contributed by atoms with E-state index in [1.54, 1.807) is 30.3 Å². The maximum atomic E-state index is 15.7. The zero-order valence-electron chi connectivity index (χ0n) is 28.5. The summed E-state index contributed by atoms with van der Waals surface area (Å²) < 4.78 is 104. The monoisotopic (exact) mass is 751 g/mol. The van der Waals surface area contributed by atoms with Gasteiger partial charge in [0.1, 0.15) is 18.1 Å². The fraction of sp³-hybridized carbons (Fsp3) is 0.432. The molecule has 2 aliphatic heterocycles. The van der Waals surface area contributed by atoms with Gasteiger partial charge in [-0.05, 0) is 75.1 Å². The highest BCUT2D eigenvalue weighted by Crippen LogP contribution is 2.56. The third-order valence-electron chi connectivity index (χ3n) is 10.5. The first-order valence-corrected chi connectivity index (χ1v) is 17.2. The number of piperidine rings is 1. The van der Waals surface area contributed by atoms with Gasteiger partial charge in [0, 0.05) is 18.3 Å². The number of aliphatic carboxylic acids is 1. The normalized spacial score (nSPS) is 21.0. The van der Waals surface area contributed by atoms with E-state index >= 15 is 9.18 Å². The summed E-state index contributed by atoms with van der Waals surface area (Å²) in [4.78, 5) is 42.1. The second kappa shape index (κ2) is 14.7. The second-order valence-corrected chi connectivity index (χ2v) is 13.8. The summed E-state index contributed by atoms with van der Waals surface area (Å²) in [6.45, 7) is -0.929. The van der Waals surface area contributed by atoms with Gasteiger partial charge in [-0.2, -0.15) is 26.3 Å². The van der Waals surface area contributed by atoms with Crippen LogP contribution in [-0.2, 0) is 35.0 Å². The van der Waals surface area contributed by atoms with Gasteiger partial charge >= 0.3 is 24.4 Å². The van der Waals surface area contributed by atoms with Gasteiger partial charge in [0.25, 0.3) is 5.91 Å². The van der Waals surface area contributed by atoms with Crippen LogP contribution in [0.5, 0.6) is 0 Å². The minimum atomic E-state index is -5.06. The molecule has 3 heterocycles. The molecular formula is C37H38F7N4O5+. The van der Waals surface area contributed by atoms with E-state index in [0.717, 1.165) is 23.1 Å². The first-order chi connectivity index (χ1) is 25.1. The molecule has 1 spiro atoms. The number of allylic oxidation sites excluding steroid dienone is 1. The van der Waals surface area contributed by atoms with Crippen molar-refractivity contribution in [2.75, 3.05) is 26.2 Å². The molecule has 1 unspecified atom stereocenters. The fourth-order valence-electron chi connectivity index (χ4n) is 8.02. The minimum absolute atomic E-state index is 0.0544. The standard InChI is InChI=1S/C37H37F7N4O5/c38-27-9-4-8-26(36(39,40)41)25(27)22-48(21-24-11-12-30(53-24)37(42,43)44)29-13-14-35(15-18-45-19-16-35)32(29)33(51)47(34(48)52)20-28(23-6-2-1-3-7-23)46-17-5-10-31(49)50/h1-4,6-9,11-12,28,45-46H,5,10,13-22H2/p+1/t28?,48-/m0/s1. The molecule has 2 atom stereocenters. The Balaban J connectivity index is 1.54. The number of hydrogen-bond donors (Lipinski definition) is 3. The number of alkyl halides is 6. The number of halogens is 7. The summed E-state index contributed by atoms with van der Waals surface area (Å²) in [7, 11) is 0. The number of amides is 3. The quantitative estimate of drug-likeness (QED) is 0.0996. The highest BCUT2D eigenvalue weighted by atomic mass is 19.4. The van der Waals surface area contributed by atoms with Crippen LogP contribution in [0.15, 0.2) is 76.4 Å². The van der Waals surface area contributed by atoms with Gasteiger partial charge in [0.2, 0.25) is 5.76 Å². The first-order valence-electron chi connectivity index (χ1n) is 17.2. The lowest BCUT2D eigenvalue weighted by Crippen LogP contribution is -2.63. The maximum absolute atomic E-state index is 15.7. The van der Waals surface area contributed by atoms with Crippen LogP contribution < -0.4 is 10.6 Å². The molecule has 2 aromatic carbocycles. The smallest absolute Gasteiger partial charge is 0.449 e. The van der Waals surface area contributed by atoms with Crippen molar-refractivity contribution in [2.45, 2.75) is 70.0 Å². The summed E-state index contributed by atoms with van der Waals surface area (Å²) in [5.41, 5.74) is -2.11. The maximum Gasteiger partial charge on any atom is 0.449 e. The average molecular weight is 752 g/mol. The van der Waals surface area contributed by atoms with E-state index in [0.29, 0.717) is 50.0 Å². The van der Waals surface area contributed by atoms with Crippen molar-refractivity contribution in [3.63, 3.8) is 0 Å². The SMILES string of the molecule is O=C(O)CCCNC(CN1C(=O)C2=C(CCC23CCNCC3)[N@+](Cc2ccc(C(F)(F)F)o2)(Cc2c(F)cccc2C(F)(F)F)C1=O)c1ccccc1. The van der Waals surface area contributed by atoms with Crippen LogP contribution in [0.3, 0.4) is 0 Å². The lowest BCUT2D eigenvalue weighted by atomic mass is 9.72. The number of rotatable bonds is 12. The van der Waals surface area contributed by atoms with Crippen LogP contribution in [0.1, 0.15) is 72.8 Å². The molecular weight excluding hydrogens is 713 g/mol. The lowest BCUT2D eigenvalue weighted by Gasteiger charge is -2.45. The Labute approximate surface area is 300 Å². The Morgan fingerprint density at radius 1 is 0.943 bits per heavy atom. The van der Waals surface area contributed by atoms with Crippen LogP contribution in [0.2, 0.25) is 0 Å². The van der Waals surface area contributed by atoms with E-state index in [9.17, 15) is 35.9 Å². The third kappa shape index (κ3) is 7.62. The van der Waals surface area contributed by atoms with Gasteiger partial charge in [0.15, 0.2) is 12.3 Å². The van der Waals surface area contributed by atoms with Crippen molar-refractivity contribution >= 4 is 17.9 Å². The number of urea groups is 1. The summed E-state index contributed by atoms with van der Waals surface area (Å²) >= 11 is 0. The first kappa shape index (κ1) is 38.2. The molecule has 0 bridgehead atoms. The Morgan fingerprint density at radius 2 is 1.66 bits per heavy atom. The highest BCUT2D eigenvalue weighted by Gasteiger charge is 2.62. The molecule has 3 aromatic rings. The van der Waals surface area contributed by atoms with E-state index in [1.165, 1.54) is 0 Å². The van der Waals surface area contributed by atoms with Gasteiger partial charge in [0.05, 0.1) is 29.3 Å². The number of carboxylic acid groups (broad SMARTS) is 1. The van der Waals surface area contributed by atoms with Crippen LogP contribution >= 0.6 is 0 Å². The van der Waals surface area contributed by atoms with Crippen LogP contribution in [0.25, 0.3) is 0 Å². The van der Waals surface area contributed by atoms with Crippen molar-refractivity contribution in [2.24, 2.45) is 5.41 Å². The molecule has 284 valence electrons. The molecule has 0 saturated carbocycles. The largest absolute Gasteiger partial charge is 0.481 e. The average Bonchev–Trinajstić information content (AvgIpc) is 3.73. The number of hydrogen-bond acceptors (Lipinski definition) is 6. The minimum Gasteiger partial charge on any atom is -0.481 e. The van der Waals surface area contributed by atoms with Crippen molar-refractivity contribution in [3.8, 4) is 0 Å². The molecule has 3 amide bonds. The molecule has 0 radical (unpaired) electrons. The van der Waals surface area contributed by atoms with E-state index in [2.05, 4.69) is 10.6 Å². The van der Waals surface area contributed by atoms with Crippen molar-refractivity contribution in [3.05, 3.63) is 106 Å². The molecule has 3 N–H and O–H groups in total. The second-order valence-electron chi connectivity index (χ2n) is 13.8. The molecule has 3 aliphatic rings. The number of nitrogens with one attached hydrogen (secondary N) is 2. The van der Waals surface area contributed by atoms with Crippen molar-refractivity contribution < 1.29 is 59.1 Å². The molecule has 6 rings (SSSR count). The summed E-state index contributed by atoms with van der Waals surface area (Å²) in [6.07, 6.45) is -8.67. The molecule has 53 heavy (non-hydrogen) atoms. The van der Waals surface area contributed by atoms with E-state index in [1.807, 2.05) is 0 Å². The van der Waals surface area contributed by atoms with Crippen molar-refractivity contribution in [1.82, 2.24) is 15.5 Å². The molecule has 1 fully saturated rings. The Bertz CT molecular complexity index is 1890. The van der Waals surface area contributed by atoms with Gasteiger partial charge in [-0.1, -0.05) is 36.4 Å². The highest BCUT2D eigenvalue weighted by molar-refractivity contribution is 6.06. The summed E-state index contributed by atoms with van der Waals surface area (Å²) in [5, 5.41) is 15.6. The van der Waals surface area contributed by atoms with Gasteiger partial charge in [-0.15, -0.1) is 0 Å². The Hall–Kier alpha value is -4.54. The van der Waals surface area contributed by atoms with Gasteiger partial charge in [-0.25, -0.2) is 18.6 Å².